The number of oxime groups is 1. The second-order valence-corrected chi connectivity index (χ2v) is 4.84. The normalized spacial score (nSPS) is 10.5. The van der Waals surface area contributed by atoms with Gasteiger partial charge in [0.25, 0.3) is 0 Å². The summed E-state index contributed by atoms with van der Waals surface area (Å²) < 4.78 is 5.06. The topological polar surface area (TPSA) is 122 Å². The van der Waals surface area contributed by atoms with Crippen LogP contribution in [0.25, 0.3) is 0 Å². The first-order valence-corrected chi connectivity index (χ1v) is 6.98. The van der Waals surface area contributed by atoms with Crippen LogP contribution in [0.15, 0.2) is 41.6 Å². The lowest BCUT2D eigenvalue weighted by atomic mass is 10.1. The van der Waals surface area contributed by atoms with Crippen molar-refractivity contribution in [3.8, 4) is 23.6 Å². The number of nitriles is 2. The molecule has 0 aliphatic carbocycles. The summed E-state index contributed by atoms with van der Waals surface area (Å²) in [5.41, 5.74) is 0.636. The molecule has 124 valence electrons. The zero-order valence-electron chi connectivity index (χ0n) is 13.4. The minimum atomic E-state index is -0.699. The number of nitro benzene ring substituents is 1. The highest BCUT2D eigenvalue weighted by atomic mass is 16.6. The summed E-state index contributed by atoms with van der Waals surface area (Å²) in [6, 6.07) is 12.7. The highest BCUT2D eigenvalue weighted by Crippen LogP contribution is 2.30. The summed E-state index contributed by atoms with van der Waals surface area (Å²) in [5.74, 6) is 0.465. The average Bonchev–Trinajstić information content (AvgIpc) is 2.65. The average molecular weight is 336 g/mol. The highest BCUT2D eigenvalue weighted by molar-refractivity contribution is 5.98. The molecule has 0 atom stereocenters. The van der Waals surface area contributed by atoms with E-state index in [1.54, 1.807) is 50.4 Å². The van der Waals surface area contributed by atoms with E-state index >= 15 is 0 Å². The van der Waals surface area contributed by atoms with Crippen LogP contribution < -0.4 is 9.57 Å². The van der Waals surface area contributed by atoms with Gasteiger partial charge in [-0.25, -0.2) is 0 Å². The number of methoxy groups -OCH3 is 1. The van der Waals surface area contributed by atoms with Crippen molar-refractivity contribution in [1.82, 2.24) is 0 Å². The van der Waals surface area contributed by atoms with Crippen LogP contribution in [0.2, 0.25) is 0 Å². The molecule has 2 aromatic rings. The van der Waals surface area contributed by atoms with Gasteiger partial charge >= 0.3 is 5.69 Å². The SMILES string of the molecule is COc1ccc(/C(C)=N\Oc2cc(C#N)c(C#N)cc2[N+](=O)[O-])cc1. The van der Waals surface area contributed by atoms with Crippen molar-refractivity contribution in [3.63, 3.8) is 0 Å². The molecule has 0 aromatic heterocycles. The fourth-order valence-electron chi connectivity index (χ4n) is 1.97. The largest absolute Gasteiger partial charge is 0.497 e. The van der Waals surface area contributed by atoms with Crippen LogP contribution in [0.4, 0.5) is 5.69 Å². The molecule has 0 aliphatic heterocycles. The van der Waals surface area contributed by atoms with E-state index in [2.05, 4.69) is 5.16 Å². The van der Waals surface area contributed by atoms with Crippen LogP contribution in [-0.4, -0.2) is 17.7 Å². The van der Waals surface area contributed by atoms with E-state index < -0.39 is 10.6 Å². The van der Waals surface area contributed by atoms with Crippen LogP contribution in [-0.2, 0) is 0 Å². The van der Waals surface area contributed by atoms with Gasteiger partial charge < -0.3 is 9.57 Å². The molecule has 0 amide bonds. The molecule has 0 N–H and O–H groups in total. The molecular weight excluding hydrogens is 324 g/mol. The number of ether oxygens (including phenoxy) is 1. The smallest absolute Gasteiger partial charge is 0.315 e. The van der Waals surface area contributed by atoms with E-state index in [1.807, 2.05) is 0 Å². The van der Waals surface area contributed by atoms with Crippen molar-refractivity contribution in [2.45, 2.75) is 6.92 Å². The Kier molecular flexibility index (Phi) is 5.29. The summed E-state index contributed by atoms with van der Waals surface area (Å²) in [4.78, 5) is 15.6. The lowest BCUT2D eigenvalue weighted by Gasteiger charge is -2.05. The molecule has 0 saturated heterocycles. The first-order valence-electron chi connectivity index (χ1n) is 6.98. The van der Waals surface area contributed by atoms with Gasteiger partial charge in [0.05, 0.1) is 28.9 Å². The van der Waals surface area contributed by atoms with Crippen molar-refractivity contribution in [1.29, 1.82) is 10.5 Å². The lowest BCUT2D eigenvalue weighted by Crippen LogP contribution is -2.01. The van der Waals surface area contributed by atoms with Crippen molar-refractivity contribution < 1.29 is 14.5 Å². The Bertz CT molecular complexity index is 921. The second-order valence-electron chi connectivity index (χ2n) is 4.84. The van der Waals surface area contributed by atoms with Gasteiger partial charge in [0.2, 0.25) is 5.75 Å². The maximum atomic E-state index is 11.1. The summed E-state index contributed by atoms with van der Waals surface area (Å²) in [6.07, 6.45) is 0. The predicted octanol–water partition coefficient (Wildman–Crippen LogP) is 3.15. The molecule has 0 radical (unpaired) electrons. The van der Waals surface area contributed by atoms with Crippen molar-refractivity contribution >= 4 is 11.4 Å². The molecule has 0 bridgehead atoms. The number of hydrogen-bond donors (Lipinski definition) is 0. The second kappa shape index (κ2) is 7.57. The van der Waals surface area contributed by atoms with Gasteiger partial charge in [-0.2, -0.15) is 10.5 Å². The Labute approximate surface area is 143 Å². The maximum Gasteiger partial charge on any atom is 0.315 e. The molecule has 0 fully saturated rings. The fourth-order valence-corrected chi connectivity index (χ4v) is 1.97. The van der Waals surface area contributed by atoms with Gasteiger partial charge in [0.1, 0.15) is 17.9 Å². The van der Waals surface area contributed by atoms with E-state index in [9.17, 15) is 10.1 Å². The molecule has 8 nitrogen and oxygen atoms in total. The lowest BCUT2D eigenvalue weighted by molar-refractivity contribution is -0.385. The third kappa shape index (κ3) is 3.89. The number of benzene rings is 2. The van der Waals surface area contributed by atoms with Crippen molar-refractivity contribution in [3.05, 3.63) is 63.2 Å². The van der Waals surface area contributed by atoms with E-state index in [-0.39, 0.29) is 16.9 Å². The first kappa shape index (κ1) is 17.4. The Morgan fingerprint density at radius 1 is 1.16 bits per heavy atom. The zero-order chi connectivity index (χ0) is 18.4. The minimum Gasteiger partial charge on any atom is -0.497 e. The van der Waals surface area contributed by atoms with Gasteiger partial charge in [-0.1, -0.05) is 5.16 Å². The van der Waals surface area contributed by atoms with Gasteiger partial charge in [-0.05, 0) is 36.8 Å². The molecule has 0 aliphatic rings. The molecule has 8 heteroatoms. The predicted molar refractivity (Wildman–Crippen MR) is 88.4 cm³/mol. The zero-order valence-corrected chi connectivity index (χ0v) is 13.4. The fraction of sp³-hybridized carbons (Fsp3) is 0.118. The number of nitro groups is 1. The van der Waals surface area contributed by atoms with Crippen molar-refractivity contribution in [2.75, 3.05) is 7.11 Å². The monoisotopic (exact) mass is 336 g/mol. The number of rotatable bonds is 5. The highest BCUT2D eigenvalue weighted by Gasteiger charge is 2.20. The summed E-state index contributed by atoms with van der Waals surface area (Å²) in [6.45, 7) is 1.67. The third-order valence-corrected chi connectivity index (χ3v) is 3.33. The molecule has 2 rings (SSSR count). The Morgan fingerprint density at radius 3 is 2.28 bits per heavy atom. The van der Waals surface area contributed by atoms with Gasteiger partial charge in [-0.3, -0.25) is 10.1 Å². The summed E-state index contributed by atoms with van der Waals surface area (Å²) in [5, 5.41) is 33.0. The van der Waals surface area contributed by atoms with E-state index in [4.69, 9.17) is 20.1 Å². The Hall–Kier alpha value is -3.91. The van der Waals surface area contributed by atoms with Crippen molar-refractivity contribution in [2.24, 2.45) is 5.16 Å². The molecule has 25 heavy (non-hydrogen) atoms. The van der Waals surface area contributed by atoms with Crippen LogP contribution in [0.1, 0.15) is 23.6 Å². The molecule has 2 aromatic carbocycles. The number of hydrogen-bond acceptors (Lipinski definition) is 7. The van der Waals surface area contributed by atoms with Crippen LogP contribution in [0.5, 0.6) is 11.5 Å². The Balaban J connectivity index is 2.36. The summed E-state index contributed by atoms with van der Waals surface area (Å²) >= 11 is 0. The van der Waals surface area contributed by atoms with Crippen LogP contribution in [0, 0.1) is 32.8 Å². The Morgan fingerprint density at radius 2 is 1.76 bits per heavy atom. The van der Waals surface area contributed by atoms with Gasteiger partial charge in [-0.15, -0.1) is 0 Å². The van der Waals surface area contributed by atoms with E-state index in [1.165, 1.54) is 0 Å². The summed E-state index contributed by atoms with van der Waals surface area (Å²) in [7, 11) is 1.55. The standard InChI is InChI=1S/C17H12N4O4/c1-11(12-3-5-15(24-2)6-4-12)20-25-17-8-14(10-19)13(9-18)7-16(17)21(22)23/h3-8H,1-2H3/b20-11-. The van der Waals surface area contributed by atoms with E-state index in [0.29, 0.717) is 11.5 Å². The molecule has 0 heterocycles. The molecular formula is C17H12N4O4. The quantitative estimate of drug-likeness (QED) is 0.469. The van der Waals surface area contributed by atoms with E-state index in [0.717, 1.165) is 17.7 Å². The molecule has 0 unspecified atom stereocenters. The molecule has 0 saturated carbocycles. The number of nitrogens with zero attached hydrogens (tertiary/aromatic N) is 4. The third-order valence-electron chi connectivity index (χ3n) is 3.33. The molecule has 0 spiro atoms. The van der Waals surface area contributed by atoms with Crippen LogP contribution in [0.3, 0.4) is 0 Å². The van der Waals surface area contributed by atoms with Gasteiger partial charge in [0, 0.05) is 12.1 Å². The van der Waals surface area contributed by atoms with Gasteiger partial charge in [0.15, 0.2) is 0 Å². The van der Waals surface area contributed by atoms with Crippen LogP contribution >= 0.6 is 0 Å². The minimum absolute atomic E-state index is 0.0274. The first-order chi connectivity index (χ1) is 12.0. The maximum absolute atomic E-state index is 11.1.